The Bertz CT molecular complexity index is 1160. The van der Waals surface area contributed by atoms with Crippen molar-refractivity contribution < 1.29 is 19.7 Å². The van der Waals surface area contributed by atoms with Crippen LogP contribution in [0.3, 0.4) is 0 Å². The third-order valence-electron chi connectivity index (χ3n) is 6.47. The predicted molar refractivity (Wildman–Crippen MR) is 131 cm³/mol. The van der Waals surface area contributed by atoms with E-state index in [9.17, 15) is 15.0 Å². The molecule has 34 heavy (non-hydrogen) atoms. The van der Waals surface area contributed by atoms with Gasteiger partial charge in [0.15, 0.2) is 0 Å². The lowest BCUT2D eigenvalue weighted by molar-refractivity contribution is -0.143. The van der Waals surface area contributed by atoms with Crippen LogP contribution in [-0.4, -0.2) is 62.5 Å². The van der Waals surface area contributed by atoms with Crippen molar-refractivity contribution in [2.24, 2.45) is 11.8 Å². The topological polar surface area (TPSA) is 129 Å². The van der Waals surface area contributed by atoms with Crippen molar-refractivity contribution in [2.45, 2.75) is 51.4 Å². The van der Waals surface area contributed by atoms with Crippen LogP contribution in [0.5, 0.6) is 0 Å². The zero-order valence-corrected chi connectivity index (χ0v) is 20.0. The van der Waals surface area contributed by atoms with Gasteiger partial charge in [0.2, 0.25) is 5.95 Å². The van der Waals surface area contributed by atoms with E-state index in [0.717, 1.165) is 33.0 Å². The monoisotopic (exact) mass is 483 g/mol. The van der Waals surface area contributed by atoms with E-state index in [1.807, 2.05) is 31.2 Å². The first-order valence-corrected chi connectivity index (χ1v) is 12.4. The van der Waals surface area contributed by atoms with Crippen LogP contribution in [0.1, 0.15) is 31.9 Å². The summed E-state index contributed by atoms with van der Waals surface area (Å²) in [5.41, 5.74) is 2.46. The molecule has 2 fully saturated rings. The average molecular weight is 484 g/mol. The number of aryl methyl sites for hydroxylation is 1. The number of aliphatic hydroxyl groups excluding tert-OH is 2. The molecule has 5 rings (SSSR count). The second kappa shape index (κ2) is 9.44. The van der Waals surface area contributed by atoms with Gasteiger partial charge in [0.25, 0.3) is 0 Å². The van der Waals surface area contributed by atoms with Gasteiger partial charge in [-0.05, 0) is 44.2 Å². The minimum atomic E-state index is -1.03. The largest absolute Gasteiger partial charge is 0.465 e. The Hall–Kier alpha value is -2.82. The number of nitrogens with one attached hydrogen (secondary N) is 2. The molecule has 0 aliphatic heterocycles. The molecule has 4 unspecified atom stereocenters. The van der Waals surface area contributed by atoms with Gasteiger partial charge in [0, 0.05) is 19.4 Å². The number of esters is 1. The maximum atomic E-state index is 11.2. The molecule has 0 bridgehead atoms. The molecule has 1 aromatic carbocycles. The summed E-state index contributed by atoms with van der Waals surface area (Å²) >= 11 is 1.56. The predicted octanol–water partition coefficient (Wildman–Crippen LogP) is 2.97. The fraction of sp³-hybridized carbons (Fsp3) is 0.500. The van der Waals surface area contributed by atoms with Crippen molar-refractivity contribution in [1.82, 2.24) is 15.0 Å². The van der Waals surface area contributed by atoms with Crippen LogP contribution in [-0.2, 0) is 9.53 Å². The van der Waals surface area contributed by atoms with Gasteiger partial charge in [-0.1, -0.05) is 12.1 Å². The third-order valence-corrected chi connectivity index (χ3v) is 7.52. The molecular weight excluding hydrogens is 454 g/mol. The van der Waals surface area contributed by atoms with E-state index in [2.05, 4.69) is 15.6 Å². The lowest BCUT2D eigenvalue weighted by Crippen LogP contribution is -2.36. The van der Waals surface area contributed by atoms with Crippen molar-refractivity contribution in [2.75, 3.05) is 23.8 Å². The van der Waals surface area contributed by atoms with Crippen LogP contribution < -0.4 is 10.6 Å². The molecule has 4 N–H and O–H groups in total. The number of carbonyl (C=O) groups excluding carboxylic acids is 1. The van der Waals surface area contributed by atoms with Gasteiger partial charge in [-0.2, -0.15) is 4.98 Å². The summed E-state index contributed by atoms with van der Waals surface area (Å²) in [6.07, 6.45) is 0.844. The molecule has 9 nitrogen and oxygen atoms in total. The van der Waals surface area contributed by atoms with Gasteiger partial charge >= 0.3 is 5.97 Å². The van der Waals surface area contributed by atoms with E-state index in [-0.39, 0.29) is 12.5 Å². The number of rotatable bonds is 8. The summed E-state index contributed by atoms with van der Waals surface area (Å²) in [5, 5.41) is 28.7. The summed E-state index contributed by atoms with van der Waals surface area (Å²) < 4.78 is 6.15. The van der Waals surface area contributed by atoms with E-state index >= 15 is 0 Å². The van der Waals surface area contributed by atoms with E-state index in [4.69, 9.17) is 14.7 Å². The SMILES string of the molecule is CC(=O)OCC1CC(Nc2nc(NCC3CC3)nc(C)c2-c2nc3ccccc3s2)C(O)C1O. The highest BCUT2D eigenvalue weighted by molar-refractivity contribution is 7.21. The Morgan fingerprint density at radius 1 is 1.18 bits per heavy atom. The van der Waals surface area contributed by atoms with Crippen LogP contribution in [0.15, 0.2) is 24.3 Å². The molecule has 0 amide bonds. The number of para-hydroxylation sites is 1. The first kappa shape index (κ1) is 22.9. The summed E-state index contributed by atoms with van der Waals surface area (Å²) in [6, 6.07) is 7.48. The lowest BCUT2D eigenvalue weighted by atomic mass is 10.1. The average Bonchev–Trinajstić information content (AvgIpc) is 3.48. The van der Waals surface area contributed by atoms with Crippen LogP contribution in [0.25, 0.3) is 20.8 Å². The minimum absolute atomic E-state index is 0.0630. The minimum Gasteiger partial charge on any atom is -0.465 e. The molecule has 2 heterocycles. The number of hydrogen-bond acceptors (Lipinski definition) is 10. The second-order valence-electron chi connectivity index (χ2n) is 9.20. The molecule has 4 atom stereocenters. The number of aromatic nitrogens is 3. The summed E-state index contributed by atoms with van der Waals surface area (Å²) in [6.45, 7) is 4.15. The maximum absolute atomic E-state index is 11.2. The first-order chi connectivity index (χ1) is 16.4. The number of anilines is 2. The van der Waals surface area contributed by atoms with Gasteiger partial charge in [-0.3, -0.25) is 4.79 Å². The fourth-order valence-electron chi connectivity index (χ4n) is 4.38. The Morgan fingerprint density at radius 3 is 2.71 bits per heavy atom. The van der Waals surface area contributed by atoms with E-state index in [1.54, 1.807) is 11.3 Å². The zero-order valence-electron chi connectivity index (χ0n) is 19.2. The Balaban J connectivity index is 1.46. The molecule has 2 aromatic heterocycles. The van der Waals surface area contributed by atoms with E-state index < -0.39 is 24.2 Å². The van der Waals surface area contributed by atoms with Crippen molar-refractivity contribution in [1.29, 1.82) is 0 Å². The maximum Gasteiger partial charge on any atom is 0.302 e. The van der Waals surface area contributed by atoms with Gasteiger partial charge in [0.05, 0.1) is 40.2 Å². The quantitative estimate of drug-likeness (QED) is 0.357. The lowest BCUT2D eigenvalue weighted by Gasteiger charge is -2.21. The Labute approximate surface area is 201 Å². The number of carbonyl (C=O) groups is 1. The highest BCUT2D eigenvalue weighted by Crippen LogP contribution is 2.38. The van der Waals surface area contributed by atoms with Crippen LogP contribution in [0, 0.1) is 18.8 Å². The fourth-order valence-corrected chi connectivity index (χ4v) is 5.45. The second-order valence-corrected chi connectivity index (χ2v) is 10.2. The number of aliphatic hydroxyl groups is 2. The van der Waals surface area contributed by atoms with Crippen molar-refractivity contribution >= 4 is 39.3 Å². The number of ether oxygens (including phenoxy) is 1. The summed E-state index contributed by atoms with van der Waals surface area (Å²) in [5.74, 6) is 0.986. The molecule has 0 radical (unpaired) electrons. The standard InChI is InChI=1S/C24H29N5O4S/c1-12-19(23-28-16-5-3-4-6-18(16)34-23)22(29-24(26-12)25-10-14-7-8-14)27-17-9-15(11-33-13(2)30)20(31)21(17)32/h3-6,14-15,17,20-21,31-32H,7-11H2,1-2H3,(H2,25,26,27,29). The normalized spacial score (nSPS) is 24.4. The molecule has 2 aliphatic rings. The van der Waals surface area contributed by atoms with Crippen molar-refractivity contribution in [3.63, 3.8) is 0 Å². The molecule has 3 aromatic rings. The first-order valence-electron chi connectivity index (χ1n) is 11.6. The zero-order chi connectivity index (χ0) is 23.8. The van der Waals surface area contributed by atoms with Crippen molar-refractivity contribution in [3.8, 4) is 10.6 Å². The smallest absolute Gasteiger partial charge is 0.302 e. The van der Waals surface area contributed by atoms with Gasteiger partial charge < -0.3 is 25.6 Å². The van der Waals surface area contributed by atoms with Crippen molar-refractivity contribution in [3.05, 3.63) is 30.0 Å². The van der Waals surface area contributed by atoms with Gasteiger partial charge in [-0.25, -0.2) is 9.97 Å². The summed E-state index contributed by atoms with van der Waals surface area (Å²) in [4.78, 5) is 25.5. The number of benzene rings is 1. The molecule has 0 spiro atoms. The highest BCUT2D eigenvalue weighted by atomic mass is 32.1. The molecular formula is C24H29N5O4S. The van der Waals surface area contributed by atoms with Gasteiger partial charge in [0.1, 0.15) is 16.9 Å². The number of nitrogens with zero attached hydrogens (tertiary/aromatic N) is 3. The number of hydrogen-bond donors (Lipinski definition) is 4. The summed E-state index contributed by atoms with van der Waals surface area (Å²) in [7, 11) is 0. The number of fused-ring (bicyclic) bond motifs is 1. The Kier molecular flexibility index (Phi) is 6.37. The van der Waals surface area contributed by atoms with Gasteiger partial charge in [-0.15, -0.1) is 11.3 Å². The highest BCUT2D eigenvalue weighted by Gasteiger charge is 2.42. The van der Waals surface area contributed by atoms with Crippen LogP contribution in [0.2, 0.25) is 0 Å². The molecule has 0 saturated heterocycles. The van der Waals surface area contributed by atoms with E-state index in [0.29, 0.717) is 24.1 Å². The van der Waals surface area contributed by atoms with Crippen LogP contribution in [0.4, 0.5) is 11.8 Å². The van der Waals surface area contributed by atoms with Crippen LogP contribution >= 0.6 is 11.3 Å². The molecule has 10 heteroatoms. The van der Waals surface area contributed by atoms with E-state index in [1.165, 1.54) is 19.8 Å². The molecule has 2 saturated carbocycles. The molecule has 180 valence electrons. The third kappa shape index (κ3) is 4.84. The molecule has 2 aliphatic carbocycles. The Morgan fingerprint density at radius 2 is 1.97 bits per heavy atom. The number of thiazole rings is 1.